The van der Waals surface area contributed by atoms with Gasteiger partial charge in [-0.25, -0.2) is 0 Å². The molecule has 2 aliphatic rings. The third kappa shape index (κ3) is 3.50. The second-order valence-electron chi connectivity index (χ2n) is 6.12. The van der Waals surface area contributed by atoms with E-state index >= 15 is 0 Å². The molecule has 0 radical (unpaired) electrons. The molecule has 1 aromatic carbocycles. The first-order chi connectivity index (χ1) is 8.70. The second-order valence-corrected chi connectivity index (χ2v) is 6.12. The smallest absolute Gasteiger partial charge is 0.0235 e. The van der Waals surface area contributed by atoms with Crippen molar-refractivity contribution in [3.63, 3.8) is 0 Å². The summed E-state index contributed by atoms with van der Waals surface area (Å²) in [6.07, 6.45) is 3.93. The quantitative estimate of drug-likeness (QED) is 0.896. The van der Waals surface area contributed by atoms with Gasteiger partial charge in [-0.05, 0) is 49.8 Å². The SMILES string of the molecule is CC1CN(Cc2ccc3c(c2)CCC3)CC(C)N1.Cl. The fourth-order valence-electron chi connectivity index (χ4n) is 3.55. The molecule has 0 bridgehead atoms. The molecular weight excluding hydrogens is 256 g/mol. The number of hydrogen-bond acceptors (Lipinski definition) is 2. The number of hydrogen-bond donors (Lipinski definition) is 1. The Bertz CT molecular complexity index is 423. The zero-order valence-electron chi connectivity index (χ0n) is 12.0. The van der Waals surface area contributed by atoms with Gasteiger partial charge < -0.3 is 5.32 Å². The summed E-state index contributed by atoms with van der Waals surface area (Å²) in [5, 5.41) is 3.59. The van der Waals surface area contributed by atoms with E-state index in [4.69, 9.17) is 0 Å². The highest BCUT2D eigenvalue weighted by molar-refractivity contribution is 5.85. The molecule has 2 atom stereocenters. The number of nitrogens with zero attached hydrogens (tertiary/aromatic N) is 1. The van der Waals surface area contributed by atoms with E-state index in [1.807, 2.05) is 0 Å². The van der Waals surface area contributed by atoms with E-state index in [9.17, 15) is 0 Å². The molecule has 1 aliphatic heterocycles. The lowest BCUT2D eigenvalue weighted by Gasteiger charge is -2.36. The number of piperazine rings is 1. The van der Waals surface area contributed by atoms with Crippen LogP contribution >= 0.6 is 12.4 Å². The van der Waals surface area contributed by atoms with Crippen molar-refractivity contribution in [1.82, 2.24) is 10.2 Å². The van der Waals surface area contributed by atoms with Gasteiger partial charge in [0, 0.05) is 31.7 Å². The fourth-order valence-corrected chi connectivity index (χ4v) is 3.55. The second kappa shape index (κ2) is 6.25. The van der Waals surface area contributed by atoms with Crippen LogP contribution in [0.15, 0.2) is 18.2 Å². The summed E-state index contributed by atoms with van der Waals surface area (Å²) in [7, 11) is 0. The Labute approximate surface area is 123 Å². The Kier molecular flexibility index (Phi) is 4.88. The van der Waals surface area contributed by atoms with Crippen LogP contribution in [0.5, 0.6) is 0 Å². The van der Waals surface area contributed by atoms with Gasteiger partial charge in [-0.2, -0.15) is 0 Å². The van der Waals surface area contributed by atoms with Gasteiger partial charge >= 0.3 is 0 Å². The average molecular weight is 281 g/mol. The summed E-state index contributed by atoms with van der Waals surface area (Å²) >= 11 is 0. The Hall–Kier alpha value is -0.570. The van der Waals surface area contributed by atoms with Crippen LogP contribution in [-0.4, -0.2) is 30.1 Å². The molecular formula is C16H25ClN2. The lowest BCUT2D eigenvalue weighted by molar-refractivity contribution is 0.166. The first-order valence-electron chi connectivity index (χ1n) is 7.30. The first-order valence-corrected chi connectivity index (χ1v) is 7.30. The van der Waals surface area contributed by atoms with Gasteiger partial charge in [-0.3, -0.25) is 4.90 Å². The topological polar surface area (TPSA) is 15.3 Å². The summed E-state index contributed by atoms with van der Waals surface area (Å²) in [5.74, 6) is 0. The maximum Gasteiger partial charge on any atom is 0.0235 e. The molecule has 3 heteroatoms. The summed E-state index contributed by atoms with van der Waals surface area (Å²) < 4.78 is 0. The largest absolute Gasteiger partial charge is 0.309 e. The van der Waals surface area contributed by atoms with E-state index < -0.39 is 0 Å². The molecule has 1 fully saturated rings. The fraction of sp³-hybridized carbons (Fsp3) is 0.625. The molecule has 1 aromatic rings. The Morgan fingerprint density at radius 1 is 1.11 bits per heavy atom. The van der Waals surface area contributed by atoms with E-state index in [2.05, 4.69) is 42.3 Å². The van der Waals surface area contributed by atoms with Crippen molar-refractivity contribution in [2.45, 2.75) is 51.7 Å². The summed E-state index contributed by atoms with van der Waals surface area (Å²) in [4.78, 5) is 2.59. The number of aryl methyl sites for hydroxylation is 2. The Morgan fingerprint density at radius 2 is 1.79 bits per heavy atom. The van der Waals surface area contributed by atoms with Gasteiger partial charge in [-0.1, -0.05) is 18.2 Å². The van der Waals surface area contributed by atoms with Crippen LogP contribution in [0, 0.1) is 0 Å². The number of nitrogens with one attached hydrogen (secondary N) is 1. The molecule has 0 saturated carbocycles. The molecule has 1 N–H and O–H groups in total. The van der Waals surface area contributed by atoms with Crippen LogP contribution in [0.25, 0.3) is 0 Å². The van der Waals surface area contributed by atoms with Gasteiger partial charge in [0.2, 0.25) is 0 Å². The van der Waals surface area contributed by atoms with Crippen LogP contribution in [0.3, 0.4) is 0 Å². The highest BCUT2D eigenvalue weighted by Gasteiger charge is 2.21. The van der Waals surface area contributed by atoms with Crippen molar-refractivity contribution in [2.75, 3.05) is 13.1 Å². The van der Waals surface area contributed by atoms with Gasteiger partial charge in [-0.15, -0.1) is 12.4 Å². The summed E-state index contributed by atoms with van der Waals surface area (Å²) in [5.41, 5.74) is 4.68. The number of fused-ring (bicyclic) bond motifs is 1. The first kappa shape index (κ1) is 14.8. The van der Waals surface area contributed by atoms with Gasteiger partial charge in [0.1, 0.15) is 0 Å². The zero-order chi connectivity index (χ0) is 12.5. The normalized spacial score (nSPS) is 26.8. The number of benzene rings is 1. The van der Waals surface area contributed by atoms with E-state index in [-0.39, 0.29) is 12.4 Å². The molecule has 3 rings (SSSR count). The minimum Gasteiger partial charge on any atom is -0.309 e. The summed E-state index contributed by atoms with van der Waals surface area (Å²) in [6.45, 7) is 8.02. The van der Waals surface area contributed by atoms with E-state index in [1.165, 1.54) is 37.9 Å². The van der Waals surface area contributed by atoms with Crippen molar-refractivity contribution in [1.29, 1.82) is 0 Å². The molecule has 0 amide bonds. The van der Waals surface area contributed by atoms with Gasteiger partial charge in [0.15, 0.2) is 0 Å². The molecule has 2 unspecified atom stereocenters. The van der Waals surface area contributed by atoms with Crippen LogP contribution < -0.4 is 5.32 Å². The molecule has 19 heavy (non-hydrogen) atoms. The van der Waals surface area contributed by atoms with E-state index in [0.717, 1.165) is 6.54 Å². The average Bonchev–Trinajstić information content (AvgIpc) is 2.74. The highest BCUT2D eigenvalue weighted by Crippen LogP contribution is 2.23. The van der Waals surface area contributed by atoms with Crippen molar-refractivity contribution in [3.8, 4) is 0 Å². The van der Waals surface area contributed by atoms with Crippen molar-refractivity contribution >= 4 is 12.4 Å². The Balaban J connectivity index is 0.00000133. The zero-order valence-corrected chi connectivity index (χ0v) is 12.8. The highest BCUT2D eigenvalue weighted by atomic mass is 35.5. The van der Waals surface area contributed by atoms with Crippen molar-refractivity contribution < 1.29 is 0 Å². The Morgan fingerprint density at radius 3 is 2.53 bits per heavy atom. The molecule has 2 nitrogen and oxygen atoms in total. The molecule has 0 spiro atoms. The number of rotatable bonds is 2. The monoisotopic (exact) mass is 280 g/mol. The molecule has 106 valence electrons. The molecule has 1 aliphatic carbocycles. The van der Waals surface area contributed by atoms with Crippen LogP contribution in [-0.2, 0) is 19.4 Å². The molecule has 1 saturated heterocycles. The van der Waals surface area contributed by atoms with Gasteiger partial charge in [0.05, 0.1) is 0 Å². The predicted molar refractivity (Wildman–Crippen MR) is 83.1 cm³/mol. The third-order valence-electron chi connectivity index (χ3n) is 4.20. The van der Waals surface area contributed by atoms with E-state index in [1.54, 1.807) is 11.1 Å². The standard InChI is InChI=1S/C16H24N2.ClH/c1-12-9-18(10-13(2)17-12)11-14-6-7-15-4-3-5-16(15)8-14;/h6-8,12-13,17H,3-5,9-11H2,1-2H3;1H. The minimum atomic E-state index is 0. The lowest BCUT2D eigenvalue weighted by atomic mass is 10.0. The van der Waals surface area contributed by atoms with Gasteiger partial charge in [0.25, 0.3) is 0 Å². The van der Waals surface area contributed by atoms with Crippen molar-refractivity contribution in [2.24, 2.45) is 0 Å². The maximum atomic E-state index is 3.59. The predicted octanol–water partition coefficient (Wildman–Crippen LogP) is 2.78. The van der Waals surface area contributed by atoms with Crippen molar-refractivity contribution in [3.05, 3.63) is 34.9 Å². The minimum absolute atomic E-state index is 0. The van der Waals surface area contributed by atoms with E-state index in [0.29, 0.717) is 12.1 Å². The molecule has 0 aromatic heterocycles. The lowest BCUT2D eigenvalue weighted by Crippen LogP contribution is -2.53. The number of halogens is 1. The summed E-state index contributed by atoms with van der Waals surface area (Å²) in [6, 6.07) is 8.36. The molecule has 1 heterocycles. The van der Waals surface area contributed by atoms with Crippen LogP contribution in [0.1, 0.15) is 37.0 Å². The van der Waals surface area contributed by atoms with Crippen LogP contribution in [0.4, 0.5) is 0 Å². The third-order valence-corrected chi connectivity index (χ3v) is 4.20. The van der Waals surface area contributed by atoms with Crippen LogP contribution in [0.2, 0.25) is 0 Å². The maximum absolute atomic E-state index is 3.59.